The van der Waals surface area contributed by atoms with Crippen LogP contribution in [0.4, 0.5) is 0 Å². The van der Waals surface area contributed by atoms with Gasteiger partial charge in [0.05, 0.1) is 16.1 Å². The van der Waals surface area contributed by atoms with Crippen molar-refractivity contribution in [1.82, 2.24) is 4.90 Å². The number of halogens is 2. The second kappa shape index (κ2) is 8.80. The van der Waals surface area contributed by atoms with E-state index in [0.29, 0.717) is 16.5 Å². The Hall–Kier alpha value is -0.280. The summed E-state index contributed by atoms with van der Waals surface area (Å²) in [5, 5.41) is 11.2. The molecular formula is C15H23Cl2NO. The number of unbranched alkanes of at least 4 members (excludes halogenated alkanes) is 1. The van der Waals surface area contributed by atoms with Crippen molar-refractivity contribution >= 4 is 23.2 Å². The molecule has 1 rings (SSSR count). The van der Waals surface area contributed by atoms with Crippen LogP contribution in [0.25, 0.3) is 0 Å². The third-order valence-electron chi connectivity index (χ3n) is 3.33. The third kappa shape index (κ3) is 5.31. The highest BCUT2D eigenvalue weighted by Gasteiger charge is 2.14. The summed E-state index contributed by atoms with van der Waals surface area (Å²) < 4.78 is 0. The van der Waals surface area contributed by atoms with E-state index in [1.165, 1.54) is 12.8 Å². The van der Waals surface area contributed by atoms with E-state index in [1.807, 2.05) is 12.1 Å². The van der Waals surface area contributed by atoms with Gasteiger partial charge in [0.1, 0.15) is 0 Å². The number of hydrogen-bond acceptors (Lipinski definition) is 2. The van der Waals surface area contributed by atoms with Crippen LogP contribution in [0.1, 0.15) is 44.8 Å². The molecule has 2 nitrogen and oxygen atoms in total. The molecule has 4 heteroatoms. The van der Waals surface area contributed by atoms with E-state index in [1.54, 1.807) is 6.07 Å². The first kappa shape index (κ1) is 16.8. The van der Waals surface area contributed by atoms with E-state index in [2.05, 4.69) is 18.7 Å². The van der Waals surface area contributed by atoms with E-state index in [-0.39, 0.29) is 0 Å². The molecule has 1 aromatic carbocycles. The fourth-order valence-electron chi connectivity index (χ4n) is 2.05. The molecule has 0 radical (unpaired) electrons. The zero-order chi connectivity index (χ0) is 14.3. The fraction of sp³-hybridized carbons (Fsp3) is 0.600. The molecule has 0 saturated heterocycles. The first-order chi connectivity index (χ1) is 9.10. The topological polar surface area (TPSA) is 23.5 Å². The normalized spacial score (nSPS) is 12.9. The van der Waals surface area contributed by atoms with Gasteiger partial charge in [0.2, 0.25) is 0 Å². The maximum atomic E-state index is 10.2. The second-order valence-electron chi connectivity index (χ2n) is 4.74. The van der Waals surface area contributed by atoms with Crippen LogP contribution >= 0.6 is 23.2 Å². The second-order valence-corrected chi connectivity index (χ2v) is 5.52. The smallest absolute Gasteiger partial charge is 0.0817 e. The zero-order valence-electron chi connectivity index (χ0n) is 11.7. The molecule has 0 aromatic heterocycles. The van der Waals surface area contributed by atoms with Gasteiger partial charge in [-0.05, 0) is 32.0 Å². The highest BCUT2D eigenvalue weighted by molar-refractivity contribution is 6.42. The minimum absolute atomic E-state index is 0.466. The number of nitrogens with zero attached hydrogens (tertiary/aromatic N) is 1. The van der Waals surface area contributed by atoms with Crippen molar-refractivity contribution in [3.05, 3.63) is 33.8 Å². The third-order valence-corrected chi connectivity index (χ3v) is 4.17. The lowest BCUT2D eigenvalue weighted by molar-refractivity contribution is 0.143. The number of aliphatic hydroxyl groups is 1. The maximum absolute atomic E-state index is 10.2. The van der Waals surface area contributed by atoms with Crippen molar-refractivity contribution in [2.24, 2.45) is 0 Å². The Morgan fingerprint density at radius 2 is 1.95 bits per heavy atom. The summed E-state index contributed by atoms with van der Waals surface area (Å²) in [6.45, 7) is 7.31. The predicted octanol–water partition coefficient (Wildman–Crippen LogP) is 4.54. The van der Waals surface area contributed by atoms with Crippen molar-refractivity contribution < 1.29 is 5.11 Å². The molecule has 108 valence electrons. The molecule has 1 aromatic rings. The SMILES string of the molecule is CCCCN(CC)CCC(O)c1cccc(Cl)c1Cl. The number of aliphatic hydroxyl groups excluding tert-OH is 1. The summed E-state index contributed by atoms with van der Waals surface area (Å²) in [5.74, 6) is 0. The van der Waals surface area contributed by atoms with Crippen LogP contribution in [0.15, 0.2) is 18.2 Å². The van der Waals surface area contributed by atoms with Crippen LogP contribution in [0.5, 0.6) is 0 Å². The van der Waals surface area contributed by atoms with Crippen LogP contribution in [0.3, 0.4) is 0 Å². The molecule has 0 heterocycles. The van der Waals surface area contributed by atoms with Gasteiger partial charge in [-0.15, -0.1) is 0 Å². The summed E-state index contributed by atoms with van der Waals surface area (Å²) in [5.41, 5.74) is 0.723. The fourth-order valence-corrected chi connectivity index (χ4v) is 2.48. The van der Waals surface area contributed by atoms with E-state index >= 15 is 0 Å². The van der Waals surface area contributed by atoms with Crippen LogP contribution in [0, 0.1) is 0 Å². The Kier molecular flexibility index (Phi) is 7.77. The molecule has 0 fully saturated rings. The van der Waals surface area contributed by atoms with Gasteiger partial charge in [-0.3, -0.25) is 0 Å². The van der Waals surface area contributed by atoms with Gasteiger partial charge < -0.3 is 10.0 Å². The largest absolute Gasteiger partial charge is 0.388 e. The van der Waals surface area contributed by atoms with Crippen LogP contribution in [0.2, 0.25) is 10.0 Å². The van der Waals surface area contributed by atoms with E-state index in [0.717, 1.165) is 25.2 Å². The minimum atomic E-state index is -0.554. The predicted molar refractivity (Wildman–Crippen MR) is 83.1 cm³/mol. The molecule has 0 spiro atoms. The average molecular weight is 304 g/mol. The average Bonchev–Trinajstić information content (AvgIpc) is 2.42. The van der Waals surface area contributed by atoms with Gasteiger partial charge in [0.25, 0.3) is 0 Å². The Labute approximate surface area is 126 Å². The van der Waals surface area contributed by atoms with Gasteiger partial charge in [0.15, 0.2) is 0 Å². The Morgan fingerprint density at radius 1 is 1.21 bits per heavy atom. The van der Waals surface area contributed by atoms with Crippen molar-refractivity contribution in [3.63, 3.8) is 0 Å². The molecule has 0 aliphatic heterocycles. The number of hydrogen-bond donors (Lipinski definition) is 1. The van der Waals surface area contributed by atoms with E-state index in [4.69, 9.17) is 23.2 Å². The molecule has 0 aliphatic carbocycles. The Bertz CT molecular complexity index is 384. The van der Waals surface area contributed by atoms with Crippen molar-refractivity contribution in [3.8, 4) is 0 Å². The molecular weight excluding hydrogens is 281 g/mol. The van der Waals surface area contributed by atoms with Gasteiger partial charge in [-0.1, -0.05) is 55.6 Å². The Balaban J connectivity index is 2.54. The number of benzene rings is 1. The summed E-state index contributed by atoms with van der Waals surface area (Å²) in [4.78, 5) is 2.35. The van der Waals surface area contributed by atoms with E-state index < -0.39 is 6.10 Å². The summed E-state index contributed by atoms with van der Waals surface area (Å²) in [7, 11) is 0. The molecule has 0 aliphatic rings. The van der Waals surface area contributed by atoms with Crippen molar-refractivity contribution in [2.45, 2.75) is 39.2 Å². The molecule has 1 N–H and O–H groups in total. The molecule has 0 bridgehead atoms. The van der Waals surface area contributed by atoms with Gasteiger partial charge in [0, 0.05) is 12.1 Å². The van der Waals surface area contributed by atoms with Crippen LogP contribution < -0.4 is 0 Å². The van der Waals surface area contributed by atoms with Crippen molar-refractivity contribution in [2.75, 3.05) is 19.6 Å². The number of rotatable bonds is 8. The summed E-state index contributed by atoms with van der Waals surface area (Å²) >= 11 is 12.1. The molecule has 0 amide bonds. The maximum Gasteiger partial charge on any atom is 0.0817 e. The lowest BCUT2D eigenvalue weighted by Crippen LogP contribution is -2.26. The van der Waals surface area contributed by atoms with Crippen LogP contribution in [-0.2, 0) is 0 Å². The standard InChI is InChI=1S/C15H23Cl2NO/c1-3-5-10-18(4-2)11-9-14(19)12-7-6-8-13(16)15(12)17/h6-8,14,19H,3-5,9-11H2,1-2H3. The monoisotopic (exact) mass is 303 g/mol. The van der Waals surface area contributed by atoms with Gasteiger partial charge >= 0.3 is 0 Å². The van der Waals surface area contributed by atoms with E-state index in [9.17, 15) is 5.11 Å². The minimum Gasteiger partial charge on any atom is -0.388 e. The molecule has 1 atom stereocenters. The highest BCUT2D eigenvalue weighted by Crippen LogP contribution is 2.31. The first-order valence-corrected chi connectivity index (χ1v) is 7.70. The highest BCUT2D eigenvalue weighted by atomic mass is 35.5. The zero-order valence-corrected chi connectivity index (χ0v) is 13.2. The molecule has 19 heavy (non-hydrogen) atoms. The summed E-state index contributed by atoms with van der Waals surface area (Å²) in [6, 6.07) is 5.39. The molecule has 1 unspecified atom stereocenters. The molecule has 0 saturated carbocycles. The first-order valence-electron chi connectivity index (χ1n) is 6.94. The van der Waals surface area contributed by atoms with Gasteiger partial charge in [-0.25, -0.2) is 0 Å². The lowest BCUT2D eigenvalue weighted by Gasteiger charge is -2.22. The van der Waals surface area contributed by atoms with Gasteiger partial charge in [-0.2, -0.15) is 0 Å². The summed E-state index contributed by atoms with van der Waals surface area (Å²) in [6.07, 6.45) is 2.51. The quantitative estimate of drug-likeness (QED) is 0.762. The Morgan fingerprint density at radius 3 is 2.58 bits per heavy atom. The van der Waals surface area contributed by atoms with Crippen molar-refractivity contribution in [1.29, 1.82) is 0 Å². The lowest BCUT2D eigenvalue weighted by atomic mass is 10.1. The van der Waals surface area contributed by atoms with Crippen LogP contribution in [-0.4, -0.2) is 29.6 Å².